The highest BCUT2D eigenvalue weighted by molar-refractivity contribution is 5.94. The fraction of sp³-hybridized carbons (Fsp3) is 0.480. The van der Waals surface area contributed by atoms with Crippen molar-refractivity contribution in [2.45, 2.75) is 32.4 Å². The quantitative estimate of drug-likeness (QED) is 0.683. The van der Waals surface area contributed by atoms with Gasteiger partial charge in [-0.1, -0.05) is 30.3 Å². The van der Waals surface area contributed by atoms with E-state index in [9.17, 15) is 4.79 Å². The molecule has 0 aliphatic carbocycles. The Balaban J connectivity index is 1.33. The molecule has 2 fully saturated rings. The number of ketones is 1. The molecule has 5 nitrogen and oxygen atoms in total. The van der Waals surface area contributed by atoms with Crippen LogP contribution in [0.3, 0.4) is 0 Å². The van der Waals surface area contributed by atoms with Crippen LogP contribution in [0.2, 0.25) is 0 Å². The van der Waals surface area contributed by atoms with Gasteiger partial charge in [0, 0.05) is 50.9 Å². The normalized spacial score (nSPS) is 20.9. The first-order valence-corrected chi connectivity index (χ1v) is 11.1. The van der Waals surface area contributed by atoms with Crippen molar-refractivity contribution in [1.82, 2.24) is 9.80 Å². The van der Waals surface area contributed by atoms with Crippen LogP contribution in [0.4, 0.5) is 5.69 Å². The fourth-order valence-electron chi connectivity index (χ4n) is 4.84. The van der Waals surface area contributed by atoms with Crippen LogP contribution in [0.1, 0.15) is 35.7 Å². The summed E-state index contributed by atoms with van der Waals surface area (Å²) < 4.78 is 5.55. The molecule has 4 rings (SSSR count). The maximum absolute atomic E-state index is 11.7. The molecule has 0 radical (unpaired) electrons. The van der Waals surface area contributed by atoms with Crippen molar-refractivity contribution in [3.8, 4) is 5.75 Å². The predicted octanol–water partition coefficient (Wildman–Crippen LogP) is 3.68. The number of para-hydroxylation sites is 2. The smallest absolute Gasteiger partial charge is 0.159 e. The molecule has 5 heteroatoms. The van der Waals surface area contributed by atoms with E-state index in [1.165, 1.54) is 24.1 Å². The Kier molecular flexibility index (Phi) is 6.70. The first-order chi connectivity index (χ1) is 14.6. The van der Waals surface area contributed by atoms with Gasteiger partial charge in [-0.3, -0.25) is 14.6 Å². The van der Waals surface area contributed by atoms with Crippen LogP contribution in [-0.2, 0) is 6.54 Å². The predicted molar refractivity (Wildman–Crippen MR) is 122 cm³/mol. The lowest BCUT2D eigenvalue weighted by atomic mass is 10.0. The van der Waals surface area contributed by atoms with Crippen LogP contribution >= 0.6 is 0 Å². The van der Waals surface area contributed by atoms with Gasteiger partial charge in [-0.2, -0.15) is 0 Å². The molecule has 1 atom stereocenters. The van der Waals surface area contributed by atoms with Gasteiger partial charge in [-0.05, 0) is 50.1 Å². The monoisotopic (exact) mass is 407 g/mol. The zero-order valence-corrected chi connectivity index (χ0v) is 18.2. The Morgan fingerprint density at radius 1 is 1.03 bits per heavy atom. The van der Waals surface area contributed by atoms with Gasteiger partial charge in [0.2, 0.25) is 0 Å². The summed E-state index contributed by atoms with van der Waals surface area (Å²) in [5, 5.41) is 0. The van der Waals surface area contributed by atoms with Crippen LogP contribution < -0.4 is 9.64 Å². The van der Waals surface area contributed by atoms with Gasteiger partial charge < -0.3 is 9.64 Å². The minimum absolute atomic E-state index is 0.140. The number of nitrogens with zero attached hydrogens (tertiary/aromatic N) is 3. The average Bonchev–Trinajstić information content (AvgIpc) is 2.79. The maximum Gasteiger partial charge on any atom is 0.159 e. The number of carbonyl (C=O) groups excluding carboxylic acids is 1. The molecule has 0 aromatic heterocycles. The third kappa shape index (κ3) is 4.85. The van der Waals surface area contributed by atoms with Crippen LogP contribution in [0.15, 0.2) is 48.5 Å². The molecule has 2 aromatic carbocycles. The summed E-state index contributed by atoms with van der Waals surface area (Å²) in [7, 11) is 1.75. The van der Waals surface area contributed by atoms with Gasteiger partial charge >= 0.3 is 0 Å². The second-order valence-corrected chi connectivity index (χ2v) is 8.48. The molecule has 0 saturated carbocycles. The Morgan fingerprint density at radius 2 is 1.83 bits per heavy atom. The van der Waals surface area contributed by atoms with Crippen molar-refractivity contribution in [3.05, 3.63) is 59.7 Å². The molecule has 2 saturated heterocycles. The van der Waals surface area contributed by atoms with E-state index in [0.717, 1.165) is 57.1 Å². The SMILES string of the molecule is COc1ccccc1N1CCN([C@H]2CCCN(Cc3cccc(C(C)=O)c3)C2)CC1. The number of ether oxygens (including phenoxy) is 1. The van der Waals surface area contributed by atoms with Gasteiger partial charge in [0.05, 0.1) is 12.8 Å². The number of methoxy groups -OCH3 is 1. The Hall–Kier alpha value is -2.37. The number of carbonyl (C=O) groups is 1. The number of hydrogen-bond acceptors (Lipinski definition) is 5. The zero-order valence-electron chi connectivity index (χ0n) is 18.2. The fourth-order valence-corrected chi connectivity index (χ4v) is 4.84. The summed E-state index contributed by atoms with van der Waals surface area (Å²) in [4.78, 5) is 19.4. The van der Waals surface area contributed by atoms with Gasteiger partial charge in [-0.15, -0.1) is 0 Å². The molecule has 0 bridgehead atoms. The molecule has 0 spiro atoms. The van der Waals surface area contributed by atoms with Gasteiger partial charge in [0.1, 0.15) is 5.75 Å². The number of rotatable bonds is 6. The van der Waals surface area contributed by atoms with Gasteiger partial charge in [0.25, 0.3) is 0 Å². The minimum Gasteiger partial charge on any atom is -0.495 e. The number of hydrogen-bond donors (Lipinski definition) is 0. The van der Waals surface area contributed by atoms with E-state index in [-0.39, 0.29) is 5.78 Å². The van der Waals surface area contributed by atoms with Crippen molar-refractivity contribution < 1.29 is 9.53 Å². The number of benzene rings is 2. The Bertz CT molecular complexity index is 861. The van der Waals surface area contributed by atoms with E-state index < -0.39 is 0 Å². The first-order valence-electron chi connectivity index (χ1n) is 11.1. The Labute approximate surface area is 180 Å². The molecule has 0 unspecified atom stereocenters. The first kappa shape index (κ1) is 20.9. The van der Waals surface area contributed by atoms with Crippen molar-refractivity contribution >= 4 is 11.5 Å². The van der Waals surface area contributed by atoms with E-state index in [4.69, 9.17) is 4.74 Å². The number of likely N-dealkylation sites (tertiary alicyclic amines) is 1. The Morgan fingerprint density at radius 3 is 2.60 bits per heavy atom. The number of Topliss-reactive ketones (excluding diaryl/α,β-unsaturated/α-hetero) is 1. The minimum atomic E-state index is 0.140. The van der Waals surface area contributed by atoms with Crippen molar-refractivity contribution in [2.75, 3.05) is 51.3 Å². The zero-order chi connectivity index (χ0) is 20.9. The summed E-state index contributed by atoms with van der Waals surface area (Å²) in [5.74, 6) is 1.10. The lowest BCUT2D eigenvalue weighted by molar-refractivity contribution is 0.0886. The van der Waals surface area contributed by atoms with E-state index in [0.29, 0.717) is 6.04 Å². The lowest BCUT2D eigenvalue weighted by Crippen LogP contribution is -2.55. The summed E-state index contributed by atoms with van der Waals surface area (Å²) in [6, 6.07) is 17.0. The standard InChI is InChI=1S/C25H33N3O2/c1-20(29)22-8-5-7-21(17-22)18-26-12-6-9-23(19-26)27-13-15-28(16-14-27)24-10-3-4-11-25(24)30-2/h3-5,7-8,10-11,17,23H,6,9,12-16,18-19H2,1-2H3/t23-/m0/s1. The number of anilines is 1. The highest BCUT2D eigenvalue weighted by atomic mass is 16.5. The molecule has 160 valence electrons. The van der Waals surface area contributed by atoms with Crippen molar-refractivity contribution in [3.63, 3.8) is 0 Å². The molecule has 0 amide bonds. The molecule has 2 heterocycles. The molecule has 30 heavy (non-hydrogen) atoms. The van der Waals surface area contributed by atoms with Crippen LogP contribution in [-0.4, -0.2) is 68.0 Å². The third-order valence-electron chi connectivity index (χ3n) is 6.48. The lowest BCUT2D eigenvalue weighted by Gasteiger charge is -2.44. The molecule has 2 aromatic rings. The third-order valence-corrected chi connectivity index (χ3v) is 6.48. The second kappa shape index (κ2) is 9.63. The summed E-state index contributed by atoms with van der Waals surface area (Å²) in [6.45, 7) is 9.09. The summed E-state index contributed by atoms with van der Waals surface area (Å²) in [6.07, 6.45) is 2.52. The van der Waals surface area contributed by atoms with Crippen LogP contribution in [0, 0.1) is 0 Å². The maximum atomic E-state index is 11.7. The molecule has 2 aliphatic rings. The van der Waals surface area contributed by atoms with Crippen LogP contribution in [0.5, 0.6) is 5.75 Å². The highest BCUT2D eigenvalue weighted by Gasteiger charge is 2.28. The molecule has 2 aliphatic heterocycles. The van der Waals surface area contributed by atoms with E-state index in [2.05, 4.69) is 39.0 Å². The van der Waals surface area contributed by atoms with Crippen molar-refractivity contribution in [2.24, 2.45) is 0 Å². The number of piperazine rings is 1. The largest absolute Gasteiger partial charge is 0.495 e. The van der Waals surface area contributed by atoms with Crippen molar-refractivity contribution in [1.29, 1.82) is 0 Å². The van der Waals surface area contributed by atoms with Gasteiger partial charge in [0.15, 0.2) is 5.78 Å². The highest BCUT2D eigenvalue weighted by Crippen LogP contribution is 2.29. The number of piperidine rings is 1. The molecule has 0 N–H and O–H groups in total. The summed E-state index contributed by atoms with van der Waals surface area (Å²) in [5.41, 5.74) is 3.26. The van der Waals surface area contributed by atoms with E-state index in [1.54, 1.807) is 14.0 Å². The topological polar surface area (TPSA) is 36.0 Å². The molecular formula is C25H33N3O2. The van der Waals surface area contributed by atoms with Crippen LogP contribution in [0.25, 0.3) is 0 Å². The average molecular weight is 408 g/mol. The second-order valence-electron chi connectivity index (χ2n) is 8.48. The van der Waals surface area contributed by atoms with E-state index in [1.807, 2.05) is 24.3 Å². The summed E-state index contributed by atoms with van der Waals surface area (Å²) >= 11 is 0. The van der Waals surface area contributed by atoms with E-state index >= 15 is 0 Å². The van der Waals surface area contributed by atoms with Gasteiger partial charge in [-0.25, -0.2) is 0 Å². The molecular weight excluding hydrogens is 374 g/mol.